The zero-order valence-electron chi connectivity index (χ0n) is 10.2. The van der Waals surface area contributed by atoms with Crippen molar-refractivity contribution < 1.29 is 17.8 Å². The fourth-order valence-corrected chi connectivity index (χ4v) is 2.56. The first-order valence-electron chi connectivity index (χ1n) is 5.28. The highest BCUT2D eigenvalue weighted by atomic mass is 32.2. The van der Waals surface area contributed by atoms with Crippen molar-refractivity contribution in [3.63, 3.8) is 0 Å². The van der Waals surface area contributed by atoms with Crippen LogP contribution in [-0.2, 0) is 10.0 Å². The van der Waals surface area contributed by atoms with Gasteiger partial charge in [-0.25, -0.2) is 13.1 Å². The van der Waals surface area contributed by atoms with E-state index in [2.05, 4.69) is 4.98 Å². The summed E-state index contributed by atoms with van der Waals surface area (Å²) in [6.07, 6.45) is 1.25. The molecule has 0 aliphatic carbocycles. The molecule has 106 valence electrons. The Kier molecular flexibility index (Phi) is 3.32. The molecule has 3 N–H and O–H groups in total. The molecule has 1 aromatic heterocycles. The van der Waals surface area contributed by atoms with Gasteiger partial charge in [-0.1, -0.05) is 0 Å². The first-order chi connectivity index (χ1) is 9.29. The Morgan fingerprint density at radius 1 is 1.45 bits per heavy atom. The van der Waals surface area contributed by atoms with E-state index in [-0.39, 0.29) is 11.7 Å². The summed E-state index contributed by atoms with van der Waals surface area (Å²) in [6.45, 7) is 1.60. The van der Waals surface area contributed by atoms with E-state index in [0.29, 0.717) is 5.69 Å². The average molecular weight is 298 g/mol. The van der Waals surface area contributed by atoms with Crippen molar-refractivity contribution in [3.8, 4) is 0 Å². The summed E-state index contributed by atoms with van der Waals surface area (Å²) in [7, 11) is -4.20. The third kappa shape index (κ3) is 2.69. The molecule has 2 rings (SSSR count). The Hall–Kier alpha value is -2.62. The molecular formula is C10H10N4O5S. The summed E-state index contributed by atoms with van der Waals surface area (Å²) >= 11 is 0. The number of rotatable bonds is 4. The van der Waals surface area contributed by atoms with E-state index < -0.39 is 25.5 Å². The lowest BCUT2D eigenvalue weighted by Gasteiger charge is -2.05. The van der Waals surface area contributed by atoms with Crippen molar-refractivity contribution in [1.29, 1.82) is 0 Å². The second-order valence-corrected chi connectivity index (χ2v) is 5.53. The summed E-state index contributed by atoms with van der Waals surface area (Å²) in [5, 5.41) is 10.9. The highest BCUT2D eigenvalue weighted by molar-refractivity contribution is 7.92. The van der Waals surface area contributed by atoms with Gasteiger partial charge in [-0.2, -0.15) is 4.98 Å². The van der Waals surface area contributed by atoms with E-state index in [0.717, 1.165) is 12.1 Å². The molecule has 10 heteroatoms. The van der Waals surface area contributed by atoms with Crippen LogP contribution in [0.3, 0.4) is 0 Å². The minimum absolute atomic E-state index is 0.0858. The second kappa shape index (κ2) is 4.81. The zero-order chi connectivity index (χ0) is 14.9. The van der Waals surface area contributed by atoms with Gasteiger partial charge < -0.3 is 10.2 Å². The predicted octanol–water partition coefficient (Wildman–Crippen LogP) is 1.27. The van der Waals surface area contributed by atoms with Crippen molar-refractivity contribution >= 4 is 27.4 Å². The first-order valence-corrected chi connectivity index (χ1v) is 6.77. The van der Waals surface area contributed by atoms with E-state index >= 15 is 0 Å². The molecule has 0 spiro atoms. The molecule has 0 bridgehead atoms. The van der Waals surface area contributed by atoms with Crippen LogP contribution in [0, 0.1) is 17.0 Å². The standard InChI is InChI=1S/C10H10N4O5S/c1-6-5-19-10(12-6)13-20(17,18)9-3-2-7(11)4-8(9)14(15)16/h2-5H,11H2,1H3,(H,12,13). The minimum Gasteiger partial charge on any atom is -0.431 e. The van der Waals surface area contributed by atoms with E-state index in [1.165, 1.54) is 12.3 Å². The lowest BCUT2D eigenvalue weighted by Crippen LogP contribution is -2.15. The highest BCUT2D eigenvalue weighted by Crippen LogP contribution is 2.27. The van der Waals surface area contributed by atoms with Gasteiger partial charge in [0.25, 0.3) is 15.7 Å². The number of benzene rings is 1. The Morgan fingerprint density at radius 2 is 2.15 bits per heavy atom. The lowest BCUT2D eigenvalue weighted by molar-refractivity contribution is -0.387. The molecule has 0 unspecified atom stereocenters. The van der Waals surface area contributed by atoms with Crippen LogP contribution in [0.1, 0.15) is 5.69 Å². The van der Waals surface area contributed by atoms with Gasteiger partial charge in [-0.15, -0.1) is 0 Å². The molecule has 0 fully saturated rings. The van der Waals surface area contributed by atoms with Gasteiger partial charge in [-0.05, 0) is 19.1 Å². The van der Waals surface area contributed by atoms with Gasteiger partial charge in [0.1, 0.15) is 6.26 Å². The van der Waals surface area contributed by atoms with Gasteiger partial charge in [0, 0.05) is 11.8 Å². The third-order valence-corrected chi connectivity index (χ3v) is 3.68. The maximum Gasteiger partial charge on any atom is 0.309 e. The van der Waals surface area contributed by atoms with Crippen molar-refractivity contribution in [2.24, 2.45) is 0 Å². The molecular weight excluding hydrogens is 288 g/mol. The molecule has 20 heavy (non-hydrogen) atoms. The molecule has 0 saturated heterocycles. The number of nitrogen functional groups attached to an aromatic ring is 1. The predicted molar refractivity (Wildman–Crippen MR) is 69.6 cm³/mol. The van der Waals surface area contributed by atoms with E-state index in [9.17, 15) is 18.5 Å². The van der Waals surface area contributed by atoms with Crippen LogP contribution in [0.15, 0.2) is 33.8 Å². The van der Waals surface area contributed by atoms with Crippen molar-refractivity contribution in [1.82, 2.24) is 4.98 Å². The number of anilines is 2. The monoisotopic (exact) mass is 298 g/mol. The molecule has 0 aliphatic rings. The molecule has 9 nitrogen and oxygen atoms in total. The molecule has 0 amide bonds. The fraction of sp³-hybridized carbons (Fsp3) is 0.100. The number of sulfonamides is 1. The van der Waals surface area contributed by atoms with Crippen LogP contribution in [0.5, 0.6) is 0 Å². The number of nitro benzene ring substituents is 1. The molecule has 0 saturated carbocycles. The maximum absolute atomic E-state index is 12.1. The number of nitrogens with one attached hydrogen (secondary N) is 1. The normalized spacial score (nSPS) is 11.2. The molecule has 1 aromatic carbocycles. The molecule has 2 aromatic rings. The first kappa shape index (κ1) is 13.8. The Bertz CT molecular complexity index is 768. The van der Waals surface area contributed by atoms with E-state index in [1.807, 2.05) is 4.72 Å². The fourth-order valence-electron chi connectivity index (χ4n) is 1.48. The van der Waals surface area contributed by atoms with Crippen molar-refractivity contribution in [3.05, 3.63) is 40.3 Å². The zero-order valence-corrected chi connectivity index (χ0v) is 11.0. The largest absolute Gasteiger partial charge is 0.431 e. The number of aryl methyl sites for hydroxylation is 1. The second-order valence-electron chi connectivity index (χ2n) is 3.88. The summed E-state index contributed by atoms with van der Waals surface area (Å²) in [5.74, 6) is 0. The van der Waals surface area contributed by atoms with Crippen molar-refractivity contribution in [2.75, 3.05) is 10.5 Å². The van der Waals surface area contributed by atoms with Gasteiger partial charge in [0.15, 0.2) is 4.90 Å². The van der Waals surface area contributed by atoms with Crippen LogP contribution < -0.4 is 10.5 Å². The quantitative estimate of drug-likeness (QED) is 0.491. The minimum atomic E-state index is -4.20. The molecule has 0 aliphatic heterocycles. The van der Waals surface area contributed by atoms with Gasteiger partial charge in [0.2, 0.25) is 0 Å². The summed E-state index contributed by atoms with van der Waals surface area (Å²) in [5.41, 5.74) is 5.34. The number of hydrogen-bond donors (Lipinski definition) is 2. The lowest BCUT2D eigenvalue weighted by atomic mass is 10.3. The number of nitrogens with zero attached hydrogens (tertiary/aromatic N) is 2. The molecule has 0 radical (unpaired) electrons. The van der Waals surface area contributed by atoms with Crippen LogP contribution >= 0.6 is 0 Å². The average Bonchev–Trinajstić information content (AvgIpc) is 2.73. The Balaban J connectivity index is 2.46. The summed E-state index contributed by atoms with van der Waals surface area (Å²) < 4.78 is 31.1. The smallest absolute Gasteiger partial charge is 0.309 e. The number of oxazole rings is 1. The maximum atomic E-state index is 12.1. The van der Waals surface area contributed by atoms with E-state index in [4.69, 9.17) is 10.2 Å². The number of nitro groups is 1. The number of nitrogens with two attached hydrogens (primary N) is 1. The van der Waals surface area contributed by atoms with Gasteiger partial charge in [0.05, 0.1) is 10.6 Å². The Labute approximate surface area is 113 Å². The van der Waals surface area contributed by atoms with Crippen molar-refractivity contribution in [2.45, 2.75) is 11.8 Å². The van der Waals surface area contributed by atoms with E-state index in [1.54, 1.807) is 6.92 Å². The number of aromatic nitrogens is 1. The molecule has 0 atom stereocenters. The third-order valence-electron chi connectivity index (χ3n) is 2.31. The van der Waals surface area contributed by atoms with Crippen LogP contribution in [0.25, 0.3) is 0 Å². The van der Waals surface area contributed by atoms with Crippen LogP contribution in [-0.4, -0.2) is 18.3 Å². The molecule has 1 heterocycles. The van der Waals surface area contributed by atoms with Gasteiger partial charge >= 0.3 is 6.01 Å². The van der Waals surface area contributed by atoms with Gasteiger partial charge in [-0.3, -0.25) is 10.1 Å². The van der Waals surface area contributed by atoms with Crippen LogP contribution in [0.4, 0.5) is 17.4 Å². The SMILES string of the molecule is Cc1coc(NS(=O)(=O)c2ccc(N)cc2[N+](=O)[O-])n1. The number of hydrogen-bond acceptors (Lipinski definition) is 7. The Morgan fingerprint density at radius 3 is 2.70 bits per heavy atom. The summed E-state index contributed by atoms with van der Waals surface area (Å²) in [6, 6.07) is 3.00. The van der Waals surface area contributed by atoms with Crippen LogP contribution in [0.2, 0.25) is 0 Å². The highest BCUT2D eigenvalue weighted by Gasteiger charge is 2.27. The summed E-state index contributed by atoms with van der Waals surface area (Å²) in [4.78, 5) is 13.3. The topological polar surface area (TPSA) is 141 Å².